The van der Waals surface area contributed by atoms with Crippen molar-refractivity contribution in [1.29, 1.82) is 0 Å². The van der Waals surface area contributed by atoms with Gasteiger partial charge >= 0.3 is 0 Å². The van der Waals surface area contributed by atoms with Crippen LogP contribution in [0.4, 0.5) is 8.78 Å². The van der Waals surface area contributed by atoms with E-state index >= 15 is 0 Å². The van der Waals surface area contributed by atoms with Crippen LogP contribution in [0, 0.1) is 5.82 Å². The second kappa shape index (κ2) is 3.82. The topological polar surface area (TPSA) is 34.1 Å². The van der Waals surface area contributed by atoms with Gasteiger partial charge in [-0.25, -0.2) is 17.2 Å². The van der Waals surface area contributed by atoms with E-state index in [2.05, 4.69) is 0 Å². The Morgan fingerprint density at radius 3 is 2.36 bits per heavy atom. The Hall–Kier alpha value is -0.680. The van der Waals surface area contributed by atoms with E-state index in [1.54, 1.807) is 0 Å². The van der Waals surface area contributed by atoms with Gasteiger partial charge in [0.15, 0.2) is 0 Å². The van der Waals surface area contributed by atoms with Gasteiger partial charge in [0, 0.05) is 16.2 Å². The van der Waals surface area contributed by atoms with Crippen LogP contribution in [0.1, 0.15) is 18.7 Å². The van der Waals surface area contributed by atoms with Gasteiger partial charge < -0.3 is 0 Å². The summed E-state index contributed by atoms with van der Waals surface area (Å²) < 4.78 is 47.3. The Balaban J connectivity index is 3.27. The number of alkyl halides is 1. The molecule has 2 nitrogen and oxygen atoms in total. The van der Waals surface area contributed by atoms with Gasteiger partial charge in [0.2, 0.25) is 0 Å². The van der Waals surface area contributed by atoms with Gasteiger partial charge in [-0.3, -0.25) is 0 Å². The fourth-order valence-electron chi connectivity index (χ4n) is 0.982. The zero-order valence-corrected chi connectivity index (χ0v) is 8.74. The van der Waals surface area contributed by atoms with E-state index in [9.17, 15) is 17.2 Å². The lowest BCUT2D eigenvalue weighted by Gasteiger charge is -2.04. The Morgan fingerprint density at radius 1 is 1.43 bits per heavy atom. The van der Waals surface area contributed by atoms with E-state index in [0.29, 0.717) is 6.07 Å². The third-order valence-corrected chi connectivity index (χ3v) is 3.03. The van der Waals surface area contributed by atoms with Gasteiger partial charge in [0.25, 0.3) is 9.05 Å². The third-order valence-electron chi connectivity index (χ3n) is 1.68. The summed E-state index contributed by atoms with van der Waals surface area (Å²) in [4.78, 5) is -0.374. The quantitative estimate of drug-likeness (QED) is 0.745. The monoisotopic (exact) mass is 240 g/mol. The summed E-state index contributed by atoms with van der Waals surface area (Å²) >= 11 is 0. The normalized spacial score (nSPS) is 14.0. The summed E-state index contributed by atoms with van der Waals surface area (Å²) in [6, 6.07) is 2.83. The maximum Gasteiger partial charge on any atom is 0.261 e. The molecule has 1 aromatic carbocycles. The smallest absolute Gasteiger partial charge is 0.242 e. The number of rotatable bonds is 2. The van der Waals surface area contributed by atoms with Crippen LogP contribution in [0.5, 0.6) is 0 Å². The standard InChI is InChI=1S/C8H7ClF2O2S/c1-5(10)7-3-2-6(4-8(7)11)14(9,12)13/h2-5H,1H3. The molecule has 1 unspecified atom stereocenters. The van der Waals surface area contributed by atoms with Crippen LogP contribution in [0.25, 0.3) is 0 Å². The molecule has 1 rings (SSSR count). The highest BCUT2D eigenvalue weighted by Crippen LogP contribution is 2.24. The lowest BCUT2D eigenvalue weighted by molar-refractivity contribution is 0.361. The van der Waals surface area contributed by atoms with Crippen molar-refractivity contribution in [2.75, 3.05) is 0 Å². The molecule has 0 radical (unpaired) electrons. The highest BCUT2D eigenvalue weighted by atomic mass is 35.7. The van der Waals surface area contributed by atoms with E-state index in [4.69, 9.17) is 10.7 Å². The van der Waals surface area contributed by atoms with Crippen molar-refractivity contribution in [3.63, 3.8) is 0 Å². The molecular formula is C8H7ClF2O2S. The van der Waals surface area contributed by atoms with Crippen molar-refractivity contribution in [1.82, 2.24) is 0 Å². The molecule has 0 bridgehead atoms. The minimum atomic E-state index is -3.96. The van der Waals surface area contributed by atoms with Crippen molar-refractivity contribution in [2.45, 2.75) is 18.0 Å². The molecular weight excluding hydrogens is 234 g/mol. The Bertz CT molecular complexity index is 443. The van der Waals surface area contributed by atoms with Gasteiger partial charge in [0.05, 0.1) is 4.90 Å². The molecule has 0 fully saturated rings. The second-order valence-corrected chi connectivity index (χ2v) is 5.30. The van der Waals surface area contributed by atoms with Gasteiger partial charge in [-0.1, -0.05) is 6.07 Å². The highest BCUT2D eigenvalue weighted by Gasteiger charge is 2.15. The average Bonchev–Trinajstić information content (AvgIpc) is 2.01. The van der Waals surface area contributed by atoms with Gasteiger partial charge in [-0.2, -0.15) is 0 Å². The lowest BCUT2D eigenvalue weighted by Crippen LogP contribution is -1.96. The van der Waals surface area contributed by atoms with E-state index in [-0.39, 0.29) is 10.5 Å². The van der Waals surface area contributed by atoms with Crippen molar-refractivity contribution >= 4 is 19.7 Å². The summed E-state index contributed by atoms with van der Waals surface area (Å²) in [5, 5.41) is 0. The van der Waals surface area contributed by atoms with E-state index in [1.807, 2.05) is 0 Å². The summed E-state index contributed by atoms with van der Waals surface area (Å²) in [6.45, 7) is 1.16. The summed E-state index contributed by atoms with van der Waals surface area (Å²) in [5.74, 6) is -0.915. The van der Waals surface area contributed by atoms with Crippen LogP contribution in [0.2, 0.25) is 0 Å². The maximum atomic E-state index is 13.1. The number of benzene rings is 1. The fourth-order valence-corrected chi connectivity index (χ4v) is 1.74. The van der Waals surface area contributed by atoms with Crippen molar-refractivity contribution in [2.24, 2.45) is 0 Å². The molecule has 78 valence electrons. The molecule has 1 aromatic rings. The van der Waals surface area contributed by atoms with Crippen molar-refractivity contribution in [3.05, 3.63) is 29.6 Å². The van der Waals surface area contributed by atoms with Crippen LogP contribution in [0.15, 0.2) is 23.1 Å². The summed E-state index contributed by atoms with van der Waals surface area (Å²) in [7, 11) is 1.02. The van der Waals surface area contributed by atoms with Crippen LogP contribution < -0.4 is 0 Å². The summed E-state index contributed by atoms with van der Waals surface area (Å²) in [6.07, 6.45) is -1.48. The largest absolute Gasteiger partial charge is 0.261 e. The van der Waals surface area contributed by atoms with Crippen molar-refractivity contribution in [3.8, 4) is 0 Å². The van der Waals surface area contributed by atoms with Gasteiger partial charge in [0.1, 0.15) is 12.0 Å². The van der Waals surface area contributed by atoms with E-state index in [0.717, 1.165) is 19.1 Å². The van der Waals surface area contributed by atoms with E-state index < -0.39 is 21.0 Å². The first-order valence-electron chi connectivity index (χ1n) is 3.70. The van der Waals surface area contributed by atoms with Crippen molar-refractivity contribution < 1.29 is 17.2 Å². The van der Waals surface area contributed by atoms with Crippen LogP contribution in [-0.2, 0) is 9.05 Å². The molecule has 14 heavy (non-hydrogen) atoms. The predicted molar refractivity (Wildman–Crippen MR) is 49.0 cm³/mol. The first kappa shape index (κ1) is 11.4. The van der Waals surface area contributed by atoms with E-state index in [1.165, 1.54) is 0 Å². The molecule has 0 spiro atoms. The minimum absolute atomic E-state index is 0.186. The summed E-state index contributed by atoms with van der Waals surface area (Å²) in [5.41, 5.74) is -0.186. The molecule has 0 aliphatic heterocycles. The van der Waals surface area contributed by atoms with Crippen LogP contribution >= 0.6 is 10.7 Å². The first-order valence-corrected chi connectivity index (χ1v) is 6.01. The minimum Gasteiger partial charge on any atom is -0.242 e. The highest BCUT2D eigenvalue weighted by molar-refractivity contribution is 8.13. The molecule has 0 amide bonds. The number of hydrogen-bond donors (Lipinski definition) is 0. The Labute approximate surface area is 84.9 Å². The van der Waals surface area contributed by atoms with Crippen LogP contribution in [-0.4, -0.2) is 8.42 Å². The average molecular weight is 241 g/mol. The molecule has 1 atom stereocenters. The molecule has 0 heterocycles. The molecule has 0 aliphatic rings. The molecule has 0 saturated heterocycles. The predicted octanol–water partition coefficient (Wildman–Crippen LogP) is 2.78. The first-order chi connectivity index (χ1) is 6.32. The van der Waals surface area contributed by atoms with Gasteiger partial charge in [-0.05, 0) is 19.1 Å². The SMILES string of the molecule is CC(F)c1ccc(S(=O)(=O)Cl)cc1F. The lowest BCUT2D eigenvalue weighted by atomic mass is 10.1. The van der Waals surface area contributed by atoms with Gasteiger partial charge in [-0.15, -0.1) is 0 Å². The zero-order valence-electron chi connectivity index (χ0n) is 7.17. The zero-order chi connectivity index (χ0) is 10.9. The Kier molecular flexibility index (Phi) is 3.11. The molecule has 0 N–H and O–H groups in total. The molecule has 0 saturated carbocycles. The molecule has 0 aliphatic carbocycles. The molecule has 0 aromatic heterocycles. The fraction of sp³-hybridized carbons (Fsp3) is 0.250. The number of halogens is 3. The second-order valence-electron chi connectivity index (χ2n) is 2.74. The number of hydrogen-bond acceptors (Lipinski definition) is 2. The van der Waals surface area contributed by atoms with Crippen LogP contribution in [0.3, 0.4) is 0 Å². The molecule has 6 heteroatoms. The Morgan fingerprint density at radius 2 is 2.00 bits per heavy atom. The third kappa shape index (κ3) is 2.42. The maximum absolute atomic E-state index is 13.1.